The molecule has 152 valence electrons. The molecule has 4 rings (SSSR count). The number of carboxylic acids is 1. The maximum absolute atomic E-state index is 12.4. The molecule has 0 saturated carbocycles. The molecule has 7 nitrogen and oxygen atoms in total. The van der Waals surface area contributed by atoms with Gasteiger partial charge in [-0.1, -0.05) is 35.9 Å². The Morgan fingerprint density at radius 2 is 2.03 bits per heavy atom. The van der Waals surface area contributed by atoms with Crippen molar-refractivity contribution in [3.05, 3.63) is 77.3 Å². The summed E-state index contributed by atoms with van der Waals surface area (Å²) in [7, 11) is 0. The van der Waals surface area contributed by atoms with E-state index in [2.05, 4.69) is 15.3 Å². The highest BCUT2D eigenvalue weighted by molar-refractivity contribution is 6.30. The van der Waals surface area contributed by atoms with Crippen LogP contribution in [-0.4, -0.2) is 33.0 Å². The van der Waals surface area contributed by atoms with Crippen LogP contribution in [0.1, 0.15) is 11.3 Å². The lowest BCUT2D eigenvalue weighted by molar-refractivity contribution is -0.141. The van der Waals surface area contributed by atoms with Crippen LogP contribution >= 0.6 is 11.6 Å². The number of carbonyl (C=O) groups excluding carboxylic acids is 1. The number of aliphatic carboxylic acids is 1. The largest absolute Gasteiger partial charge is 0.480 e. The SMILES string of the molecule is O=C(Cc1coc(-c2cccc(Cl)c2)n1)N[C@@H](Cc1c[nH]c2ccccc12)C(=O)O. The molecule has 0 fully saturated rings. The molecule has 0 bridgehead atoms. The standard InChI is InChI=1S/C22H18ClN3O4/c23-15-5-3-4-13(8-15)21-25-16(12-30-21)10-20(27)26-19(22(28)29)9-14-11-24-18-7-2-1-6-17(14)18/h1-8,11-12,19,24H,9-10H2,(H,26,27)(H,28,29)/t19-/m0/s1. The molecule has 0 aliphatic carbocycles. The summed E-state index contributed by atoms with van der Waals surface area (Å²) < 4.78 is 5.42. The van der Waals surface area contributed by atoms with Crippen LogP contribution < -0.4 is 5.32 Å². The van der Waals surface area contributed by atoms with Gasteiger partial charge >= 0.3 is 5.97 Å². The van der Waals surface area contributed by atoms with E-state index in [9.17, 15) is 14.7 Å². The molecule has 30 heavy (non-hydrogen) atoms. The number of aromatic amines is 1. The van der Waals surface area contributed by atoms with E-state index >= 15 is 0 Å². The van der Waals surface area contributed by atoms with Crippen molar-refractivity contribution in [1.82, 2.24) is 15.3 Å². The van der Waals surface area contributed by atoms with Gasteiger partial charge in [-0.25, -0.2) is 9.78 Å². The number of benzene rings is 2. The molecule has 8 heteroatoms. The van der Waals surface area contributed by atoms with Crippen LogP contribution in [0, 0.1) is 0 Å². The van der Waals surface area contributed by atoms with Crippen molar-refractivity contribution < 1.29 is 19.1 Å². The van der Waals surface area contributed by atoms with Gasteiger partial charge in [-0.15, -0.1) is 0 Å². The van der Waals surface area contributed by atoms with E-state index in [-0.39, 0.29) is 12.8 Å². The van der Waals surface area contributed by atoms with Crippen LogP contribution in [0.15, 0.2) is 65.4 Å². The zero-order valence-corrected chi connectivity index (χ0v) is 16.5. The van der Waals surface area contributed by atoms with Crippen molar-refractivity contribution in [3.8, 4) is 11.5 Å². The number of fused-ring (bicyclic) bond motifs is 1. The molecule has 0 spiro atoms. The summed E-state index contributed by atoms with van der Waals surface area (Å²) in [6.07, 6.45) is 3.21. The van der Waals surface area contributed by atoms with E-state index in [1.165, 1.54) is 6.26 Å². The maximum Gasteiger partial charge on any atom is 0.326 e. The Bertz CT molecular complexity index is 1210. The Morgan fingerprint density at radius 3 is 2.83 bits per heavy atom. The Morgan fingerprint density at radius 1 is 1.20 bits per heavy atom. The molecule has 0 saturated heterocycles. The topological polar surface area (TPSA) is 108 Å². The molecule has 2 aromatic heterocycles. The first-order valence-corrected chi connectivity index (χ1v) is 9.65. The smallest absolute Gasteiger partial charge is 0.326 e. The van der Waals surface area contributed by atoms with Crippen molar-refractivity contribution in [2.45, 2.75) is 18.9 Å². The van der Waals surface area contributed by atoms with E-state index in [0.717, 1.165) is 16.5 Å². The molecule has 1 amide bonds. The van der Waals surface area contributed by atoms with Crippen LogP contribution in [0.4, 0.5) is 0 Å². The van der Waals surface area contributed by atoms with Crippen LogP contribution in [-0.2, 0) is 22.4 Å². The molecule has 1 atom stereocenters. The number of H-pyrrole nitrogens is 1. The van der Waals surface area contributed by atoms with Gasteiger partial charge in [-0.2, -0.15) is 0 Å². The second kappa shape index (κ2) is 8.42. The minimum absolute atomic E-state index is 0.0955. The first-order valence-electron chi connectivity index (χ1n) is 9.27. The number of hydrogen-bond acceptors (Lipinski definition) is 4. The van der Waals surface area contributed by atoms with Crippen molar-refractivity contribution in [2.24, 2.45) is 0 Å². The summed E-state index contributed by atoms with van der Waals surface area (Å²) in [4.78, 5) is 31.5. The van der Waals surface area contributed by atoms with Crippen molar-refractivity contribution in [3.63, 3.8) is 0 Å². The third-order valence-electron chi connectivity index (χ3n) is 4.70. The van der Waals surface area contributed by atoms with E-state index in [1.54, 1.807) is 30.5 Å². The second-order valence-electron chi connectivity index (χ2n) is 6.85. The average Bonchev–Trinajstić information content (AvgIpc) is 3.35. The molecular formula is C22H18ClN3O4. The van der Waals surface area contributed by atoms with Gasteiger partial charge in [0, 0.05) is 34.1 Å². The number of aromatic nitrogens is 2. The fraction of sp³-hybridized carbons (Fsp3) is 0.136. The molecule has 2 aromatic carbocycles. The number of nitrogens with one attached hydrogen (secondary N) is 2. The third-order valence-corrected chi connectivity index (χ3v) is 4.93. The summed E-state index contributed by atoms with van der Waals surface area (Å²) >= 11 is 5.98. The number of carboxylic acid groups (broad SMARTS) is 1. The van der Waals surface area contributed by atoms with Crippen LogP contribution in [0.3, 0.4) is 0 Å². The van der Waals surface area contributed by atoms with Gasteiger partial charge in [0.25, 0.3) is 0 Å². The minimum atomic E-state index is -1.10. The summed E-state index contributed by atoms with van der Waals surface area (Å²) in [5.41, 5.74) is 2.83. The molecule has 0 aliphatic heterocycles. The Balaban J connectivity index is 1.43. The zero-order chi connectivity index (χ0) is 21.1. The second-order valence-corrected chi connectivity index (χ2v) is 7.29. The lowest BCUT2D eigenvalue weighted by atomic mass is 10.0. The summed E-state index contributed by atoms with van der Waals surface area (Å²) in [6.45, 7) is 0. The van der Waals surface area contributed by atoms with E-state index in [4.69, 9.17) is 16.0 Å². The van der Waals surface area contributed by atoms with Crippen molar-refractivity contribution in [2.75, 3.05) is 0 Å². The Hall–Kier alpha value is -3.58. The van der Waals surface area contributed by atoms with Gasteiger partial charge < -0.3 is 19.8 Å². The van der Waals surface area contributed by atoms with Crippen molar-refractivity contribution in [1.29, 1.82) is 0 Å². The van der Waals surface area contributed by atoms with Gasteiger partial charge in [0.15, 0.2) is 0 Å². The number of oxazole rings is 1. The normalized spacial score (nSPS) is 12.0. The van der Waals surface area contributed by atoms with E-state index < -0.39 is 17.9 Å². The Labute approximate surface area is 176 Å². The molecule has 0 radical (unpaired) electrons. The number of hydrogen-bond donors (Lipinski definition) is 3. The number of rotatable bonds is 7. The van der Waals surface area contributed by atoms with Crippen LogP contribution in [0.2, 0.25) is 5.02 Å². The molecule has 3 N–H and O–H groups in total. The average molecular weight is 424 g/mol. The molecule has 4 aromatic rings. The highest BCUT2D eigenvalue weighted by atomic mass is 35.5. The maximum atomic E-state index is 12.4. The molecule has 0 aliphatic rings. The summed E-state index contributed by atoms with van der Waals surface area (Å²) in [6, 6.07) is 13.6. The number of amides is 1. The van der Waals surface area contributed by atoms with Crippen molar-refractivity contribution >= 4 is 34.4 Å². The summed E-state index contributed by atoms with van der Waals surface area (Å²) in [5, 5.41) is 13.6. The lowest BCUT2D eigenvalue weighted by Gasteiger charge is -2.13. The molecule has 0 unspecified atom stereocenters. The van der Waals surface area contributed by atoms with Crippen LogP contribution in [0.25, 0.3) is 22.4 Å². The number of halogens is 1. The lowest BCUT2D eigenvalue weighted by Crippen LogP contribution is -2.43. The first-order chi connectivity index (χ1) is 14.5. The predicted molar refractivity (Wildman–Crippen MR) is 112 cm³/mol. The van der Waals surface area contributed by atoms with Gasteiger partial charge in [0.2, 0.25) is 11.8 Å². The van der Waals surface area contributed by atoms with Gasteiger partial charge in [0.1, 0.15) is 12.3 Å². The molecular weight excluding hydrogens is 406 g/mol. The number of para-hydroxylation sites is 1. The highest BCUT2D eigenvalue weighted by Gasteiger charge is 2.22. The fourth-order valence-corrected chi connectivity index (χ4v) is 3.46. The monoisotopic (exact) mass is 423 g/mol. The predicted octanol–water partition coefficient (Wildman–Crippen LogP) is 3.83. The minimum Gasteiger partial charge on any atom is -0.480 e. The zero-order valence-electron chi connectivity index (χ0n) is 15.8. The Kier molecular flexibility index (Phi) is 5.54. The van der Waals surface area contributed by atoms with Gasteiger partial charge in [-0.05, 0) is 29.8 Å². The third kappa shape index (κ3) is 4.36. The van der Waals surface area contributed by atoms with Gasteiger partial charge in [-0.3, -0.25) is 4.79 Å². The molecule has 2 heterocycles. The quantitative estimate of drug-likeness (QED) is 0.418. The van der Waals surface area contributed by atoms with Gasteiger partial charge in [0.05, 0.1) is 12.1 Å². The summed E-state index contributed by atoms with van der Waals surface area (Å²) in [5.74, 6) is -1.21. The van der Waals surface area contributed by atoms with E-state index in [1.807, 2.05) is 24.3 Å². The first kappa shape index (κ1) is 19.7. The highest BCUT2D eigenvalue weighted by Crippen LogP contribution is 2.22. The number of carbonyl (C=O) groups is 2. The van der Waals surface area contributed by atoms with E-state index in [0.29, 0.717) is 22.2 Å². The fourth-order valence-electron chi connectivity index (χ4n) is 3.27. The van der Waals surface area contributed by atoms with Crippen LogP contribution in [0.5, 0.6) is 0 Å². The number of nitrogens with zero attached hydrogens (tertiary/aromatic N) is 1.